The average molecular weight is 299 g/mol. The standard InChI is InChI=1S/C14H9N3O3S/c18-12-10(13-17(12)11(7-21-13)14(19)20)6-8-5-9-3-1-2-4-16(9)15-8/h1-7,13H,(H,19,20)/b10-6-. The molecule has 2 aliphatic rings. The predicted octanol–water partition coefficient (Wildman–Crippen LogP) is 1.56. The first-order valence-corrected chi connectivity index (χ1v) is 7.18. The number of carboxylic acids is 1. The molecule has 0 aromatic carbocycles. The van der Waals surface area contributed by atoms with E-state index in [0.29, 0.717) is 11.3 Å². The van der Waals surface area contributed by atoms with Crippen LogP contribution in [0.25, 0.3) is 11.6 Å². The zero-order valence-corrected chi connectivity index (χ0v) is 11.4. The maximum atomic E-state index is 12.1. The molecule has 1 atom stereocenters. The van der Waals surface area contributed by atoms with Crippen LogP contribution < -0.4 is 0 Å². The van der Waals surface area contributed by atoms with Crippen LogP contribution in [0.5, 0.6) is 0 Å². The van der Waals surface area contributed by atoms with E-state index in [1.165, 1.54) is 22.1 Å². The van der Waals surface area contributed by atoms with Gasteiger partial charge in [-0.15, -0.1) is 11.8 Å². The van der Waals surface area contributed by atoms with Crippen molar-refractivity contribution >= 4 is 35.2 Å². The van der Waals surface area contributed by atoms with Crippen molar-refractivity contribution in [1.29, 1.82) is 0 Å². The summed E-state index contributed by atoms with van der Waals surface area (Å²) in [7, 11) is 0. The molecule has 1 N–H and O–H groups in total. The van der Waals surface area contributed by atoms with E-state index in [9.17, 15) is 9.59 Å². The van der Waals surface area contributed by atoms with Crippen LogP contribution in [-0.2, 0) is 9.59 Å². The number of rotatable bonds is 2. The van der Waals surface area contributed by atoms with Crippen molar-refractivity contribution in [2.75, 3.05) is 0 Å². The van der Waals surface area contributed by atoms with Crippen LogP contribution in [-0.4, -0.2) is 36.9 Å². The molecule has 21 heavy (non-hydrogen) atoms. The molecule has 104 valence electrons. The summed E-state index contributed by atoms with van der Waals surface area (Å²) < 4.78 is 1.73. The molecule has 1 saturated heterocycles. The van der Waals surface area contributed by atoms with Gasteiger partial charge in [0.2, 0.25) is 0 Å². The SMILES string of the molecule is O=C(O)C1=CSC2/C(=C\c3cc4ccccn4n3)C(=O)N12. The molecule has 2 aromatic heterocycles. The van der Waals surface area contributed by atoms with Gasteiger partial charge < -0.3 is 5.11 Å². The number of hydrogen-bond acceptors (Lipinski definition) is 4. The van der Waals surface area contributed by atoms with Gasteiger partial charge in [-0.1, -0.05) is 6.07 Å². The highest BCUT2D eigenvalue weighted by Crippen LogP contribution is 2.44. The third-order valence-electron chi connectivity index (χ3n) is 3.45. The van der Waals surface area contributed by atoms with Gasteiger partial charge in [0.25, 0.3) is 5.91 Å². The zero-order chi connectivity index (χ0) is 14.6. The molecule has 6 nitrogen and oxygen atoms in total. The molecule has 0 spiro atoms. The summed E-state index contributed by atoms with van der Waals surface area (Å²) in [6, 6.07) is 7.61. The molecular weight excluding hydrogens is 290 g/mol. The lowest BCUT2D eigenvalue weighted by atomic mass is 10.0. The van der Waals surface area contributed by atoms with Crippen LogP contribution in [0.2, 0.25) is 0 Å². The molecule has 4 rings (SSSR count). The van der Waals surface area contributed by atoms with E-state index >= 15 is 0 Å². The highest BCUT2D eigenvalue weighted by molar-refractivity contribution is 8.03. The number of thioether (sulfide) groups is 1. The Hall–Kier alpha value is -2.54. The highest BCUT2D eigenvalue weighted by Gasteiger charge is 2.49. The average Bonchev–Trinajstić information content (AvgIpc) is 3.05. The number of β-lactam (4-membered cyclic amide) rings is 1. The molecule has 2 aliphatic heterocycles. The Bertz CT molecular complexity index is 819. The first kappa shape index (κ1) is 12.2. The Morgan fingerprint density at radius 1 is 1.43 bits per heavy atom. The summed E-state index contributed by atoms with van der Waals surface area (Å²) in [5.41, 5.74) is 2.25. The highest BCUT2D eigenvalue weighted by atomic mass is 32.2. The normalized spacial score (nSPS) is 22.4. The topological polar surface area (TPSA) is 74.9 Å². The van der Waals surface area contributed by atoms with Gasteiger partial charge >= 0.3 is 5.97 Å². The van der Waals surface area contributed by atoms with Gasteiger partial charge in [-0.05, 0) is 24.3 Å². The summed E-state index contributed by atoms with van der Waals surface area (Å²) in [5, 5.41) is 14.6. The smallest absolute Gasteiger partial charge is 0.353 e. The number of aromatic nitrogens is 2. The summed E-state index contributed by atoms with van der Waals surface area (Å²) >= 11 is 1.33. The summed E-state index contributed by atoms with van der Waals surface area (Å²) in [5.74, 6) is -1.35. The van der Waals surface area contributed by atoms with Crippen LogP contribution in [0, 0.1) is 0 Å². The number of carboxylic acid groups (broad SMARTS) is 1. The fourth-order valence-corrected chi connectivity index (χ4v) is 3.57. The van der Waals surface area contributed by atoms with Gasteiger partial charge in [0.15, 0.2) is 0 Å². The van der Waals surface area contributed by atoms with Gasteiger partial charge in [0.05, 0.1) is 16.8 Å². The molecule has 4 heterocycles. The van der Waals surface area contributed by atoms with Crippen molar-refractivity contribution in [3.8, 4) is 0 Å². The number of fused-ring (bicyclic) bond motifs is 2. The lowest BCUT2D eigenvalue weighted by Crippen LogP contribution is -2.51. The molecule has 0 radical (unpaired) electrons. The second-order valence-electron chi connectivity index (χ2n) is 4.71. The summed E-state index contributed by atoms with van der Waals surface area (Å²) in [4.78, 5) is 24.4. The minimum Gasteiger partial charge on any atom is -0.477 e. The minimum atomic E-state index is -1.08. The molecule has 1 fully saturated rings. The Kier molecular flexibility index (Phi) is 2.46. The Morgan fingerprint density at radius 2 is 2.29 bits per heavy atom. The van der Waals surface area contributed by atoms with Crippen molar-refractivity contribution in [3.63, 3.8) is 0 Å². The summed E-state index contributed by atoms with van der Waals surface area (Å²) in [6.07, 6.45) is 3.56. The fourth-order valence-electron chi connectivity index (χ4n) is 2.45. The maximum Gasteiger partial charge on any atom is 0.353 e. The minimum absolute atomic E-state index is 0.0437. The lowest BCUT2D eigenvalue weighted by molar-refractivity contribution is -0.141. The maximum absolute atomic E-state index is 12.1. The monoisotopic (exact) mass is 299 g/mol. The Morgan fingerprint density at radius 3 is 3.05 bits per heavy atom. The Balaban J connectivity index is 1.67. The van der Waals surface area contributed by atoms with Crippen molar-refractivity contribution in [2.45, 2.75) is 5.37 Å². The van der Waals surface area contributed by atoms with E-state index in [1.807, 2.05) is 30.5 Å². The van der Waals surface area contributed by atoms with Gasteiger partial charge in [-0.2, -0.15) is 5.10 Å². The van der Waals surface area contributed by atoms with Crippen LogP contribution in [0.4, 0.5) is 0 Å². The van der Waals surface area contributed by atoms with E-state index in [-0.39, 0.29) is 17.0 Å². The number of carbonyl (C=O) groups excluding carboxylic acids is 1. The second kappa shape index (κ2) is 4.23. The number of nitrogens with zero attached hydrogens (tertiary/aromatic N) is 3. The predicted molar refractivity (Wildman–Crippen MR) is 77.1 cm³/mol. The zero-order valence-electron chi connectivity index (χ0n) is 10.6. The van der Waals surface area contributed by atoms with E-state index in [2.05, 4.69) is 5.10 Å². The number of pyridine rings is 1. The van der Waals surface area contributed by atoms with Crippen molar-refractivity contribution in [1.82, 2.24) is 14.5 Å². The van der Waals surface area contributed by atoms with Crippen molar-refractivity contribution in [2.24, 2.45) is 0 Å². The molecule has 7 heteroatoms. The molecule has 0 bridgehead atoms. The molecule has 0 aliphatic carbocycles. The van der Waals surface area contributed by atoms with Crippen LogP contribution in [0.1, 0.15) is 5.69 Å². The van der Waals surface area contributed by atoms with Gasteiger partial charge in [-0.25, -0.2) is 9.31 Å². The molecule has 2 aromatic rings. The summed E-state index contributed by atoms with van der Waals surface area (Å²) in [6.45, 7) is 0. The van der Waals surface area contributed by atoms with Crippen molar-refractivity contribution < 1.29 is 14.7 Å². The van der Waals surface area contributed by atoms with E-state index in [0.717, 1.165) is 5.52 Å². The largest absolute Gasteiger partial charge is 0.477 e. The third kappa shape index (κ3) is 1.71. The Labute approximate surface area is 123 Å². The molecule has 1 amide bonds. The second-order valence-corrected chi connectivity index (χ2v) is 5.67. The fraction of sp³-hybridized carbons (Fsp3) is 0.0714. The van der Waals surface area contributed by atoms with Gasteiger partial charge in [0.1, 0.15) is 11.1 Å². The quantitative estimate of drug-likeness (QED) is 0.673. The molecule has 0 saturated carbocycles. The van der Waals surface area contributed by atoms with Crippen LogP contribution in [0.3, 0.4) is 0 Å². The first-order chi connectivity index (χ1) is 10.1. The number of hydrogen-bond donors (Lipinski definition) is 1. The van der Waals surface area contributed by atoms with Crippen LogP contribution >= 0.6 is 11.8 Å². The third-order valence-corrected chi connectivity index (χ3v) is 4.53. The van der Waals surface area contributed by atoms with Gasteiger partial charge in [0, 0.05) is 11.6 Å². The van der Waals surface area contributed by atoms with E-state index < -0.39 is 5.97 Å². The lowest BCUT2D eigenvalue weighted by Gasteiger charge is -2.36. The first-order valence-electron chi connectivity index (χ1n) is 6.23. The molecular formula is C14H9N3O3S. The number of amides is 1. The molecule has 1 unspecified atom stereocenters. The number of aliphatic carboxylic acids is 1. The van der Waals surface area contributed by atoms with Crippen molar-refractivity contribution in [3.05, 3.63) is 52.8 Å². The number of carbonyl (C=O) groups is 2. The van der Waals surface area contributed by atoms with Crippen LogP contribution in [0.15, 0.2) is 47.1 Å². The van der Waals surface area contributed by atoms with E-state index in [1.54, 1.807) is 10.6 Å². The van der Waals surface area contributed by atoms with E-state index in [4.69, 9.17) is 5.11 Å². The van der Waals surface area contributed by atoms with Gasteiger partial charge in [-0.3, -0.25) is 9.69 Å².